The molecule has 0 saturated heterocycles. The van der Waals surface area contributed by atoms with Crippen molar-refractivity contribution in [1.82, 2.24) is 10.2 Å². The Morgan fingerprint density at radius 2 is 1.84 bits per heavy atom. The first kappa shape index (κ1) is 28.3. The largest absolute Gasteiger partial charge is 0.382 e. The lowest BCUT2D eigenvalue weighted by Crippen LogP contribution is -2.33. The van der Waals surface area contributed by atoms with Crippen molar-refractivity contribution >= 4 is 27.1 Å². The molecule has 0 radical (unpaired) electrons. The summed E-state index contributed by atoms with van der Waals surface area (Å²) < 4.78 is 29.7. The fourth-order valence-corrected chi connectivity index (χ4v) is 8.12. The average molecular weight is 547 g/mol. The van der Waals surface area contributed by atoms with Crippen LogP contribution >= 0.6 is 11.3 Å². The summed E-state index contributed by atoms with van der Waals surface area (Å²) >= 11 is 1.62. The van der Waals surface area contributed by atoms with Gasteiger partial charge in [-0.1, -0.05) is 52.7 Å². The molecule has 6 nitrogen and oxygen atoms in total. The third-order valence-electron chi connectivity index (χ3n) is 8.02. The van der Waals surface area contributed by atoms with Crippen LogP contribution in [0.4, 0.5) is 0 Å². The van der Waals surface area contributed by atoms with E-state index in [0.29, 0.717) is 23.5 Å². The quantitative estimate of drug-likeness (QED) is 0.396. The zero-order chi connectivity index (χ0) is 26.7. The Balaban J connectivity index is 1.46. The van der Waals surface area contributed by atoms with Gasteiger partial charge >= 0.3 is 0 Å². The molecule has 0 bridgehead atoms. The summed E-state index contributed by atoms with van der Waals surface area (Å²) in [4.78, 5) is 18.3. The minimum Gasteiger partial charge on any atom is -0.382 e. The van der Waals surface area contributed by atoms with Crippen molar-refractivity contribution in [1.29, 1.82) is 0 Å². The average Bonchev–Trinajstić information content (AvgIpc) is 3.43. The van der Waals surface area contributed by atoms with Gasteiger partial charge in [0.15, 0.2) is 9.84 Å². The second-order valence-corrected chi connectivity index (χ2v) is 14.6. The molecule has 1 aliphatic heterocycles. The third-order valence-corrected chi connectivity index (χ3v) is 11.0. The second-order valence-electron chi connectivity index (χ2n) is 11.2. The van der Waals surface area contributed by atoms with Gasteiger partial charge < -0.3 is 10.1 Å². The standard InChI is InChI=1S/C29H42N2O4S2/c1-6-37(33,34)24-13-11-22(12-14-24)25(18-35-5)30-29(32)26-15-23-17-31(27(19(2)3)28(23)36-26)16-21-9-7-20(4)8-10-21/h11-15,19-21,25,27H,6-10,16-18H2,1-5H3,(H,30,32)/t20?,21?,25-,27+/m0/s1. The van der Waals surface area contributed by atoms with Crippen molar-refractivity contribution in [2.24, 2.45) is 17.8 Å². The smallest absolute Gasteiger partial charge is 0.261 e. The van der Waals surface area contributed by atoms with Gasteiger partial charge in [0.25, 0.3) is 5.91 Å². The van der Waals surface area contributed by atoms with Crippen molar-refractivity contribution in [3.63, 3.8) is 0 Å². The lowest BCUT2D eigenvalue weighted by atomic mass is 9.82. The van der Waals surface area contributed by atoms with E-state index >= 15 is 0 Å². The van der Waals surface area contributed by atoms with Crippen molar-refractivity contribution in [3.05, 3.63) is 51.2 Å². The molecule has 1 N–H and O–H groups in total. The van der Waals surface area contributed by atoms with Crippen LogP contribution in [-0.2, 0) is 21.1 Å². The van der Waals surface area contributed by atoms with Gasteiger partial charge in [0, 0.05) is 31.1 Å². The first-order valence-electron chi connectivity index (χ1n) is 13.6. The molecular weight excluding hydrogens is 504 g/mol. The van der Waals surface area contributed by atoms with Crippen LogP contribution < -0.4 is 5.32 Å². The Kier molecular flexibility index (Phi) is 9.15. The van der Waals surface area contributed by atoms with Crippen LogP contribution in [-0.4, -0.2) is 45.2 Å². The SMILES string of the molecule is CCS(=O)(=O)c1ccc([C@H](COC)NC(=O)c2cc3c(s2)[C@@H](C(C)C)N(CC2CCC(C)CC2)C3)cc1. The van der Waals surface area contributed by atoms with E-state index in [-0.39, 0.29) is 17.7 Å². The summed E-state index contributed by atoms with van der Waals surface area (Å²) in [5.41, 5.74) is 2.11. The summed E-state index contributed by atoms with van der Waals surface area (Å²) in [6.07, 6.45) is 5.35. The topological polar surface area (TPSA) is 75.7 Å². The molecule has 37 heavy (non-hydrogen) atoms. The van der Waals surface area contributed by atoms with E-state index in [9.17, 15) is 13.2 Å². The maximum Gasteiger partial charge on any atom is 0.261 e. The number of carbonyl (C=O) groups excluding carboxylic acids is 1. The maximum absolute atomic E-state index is 13.3. The van der Waals surface area contributed by atoms with Crippen LogP contribution in [0.5, 0.6) is 0 Å². The van der Waals surface area contributed by atoms with Crippen LogP contribution in [0.25, 0.3) is 0 Å². The number of hydrogen-bond acceptors (Lipinski definition) is 6. The van der Waals surface area contributed by atoms with Gasteiger partial charge in [0.2, 0.25) is 0 Å². The molecule has 1 aromatic heterocycles. The number of fused-ring (bicyclic) bond motifs is 1. The normalized spacial score (nSPS) is 23.2. The predicted molar refractivity (Wildman–Crippen MR) is 150 cm³/mol. The summed E-state index contributed by atoms with van der Waals surface area (Å²) in [7, 11) is -1.67. The van der Waals surface area contributed by atoms with E-state index in [1.165, 1.54) is 36.1 Å². The lowest BCUT2D eigenvalue weighted by Gasteiger charge is -2.34. The van der Waals surface area contributed by atoms with Gasteiger partial charge in [-0.2, -0.15) is 0 Å². The molecule has 2 atom stereocenters. The molecular formula is C29H42N2O4S2. The molecule has 4 rings (SSSR count). The number of methoxy groups -OCH3 is 1. The van der Waals surface area contributed by atoms with E-state index in [0.717, 1.165) is 35.4 Å². The van der Waals surface area contributed by atoms with Gasteiger partial charge in [-0.15, -0.1) is 11.3 Å². The van der Waals surface area contributed by atoms with Gasteiger partial charge in [-0.3, -0.25) is 9.69 Å². The van der Waals surface area contributed by atoms with Gasteiger partial charge in [0.1, 0.15) is 0 Å². The number of nitrogens with zero attached hydrogens (tertiary/aromatic N) is 1. The Morgan fingerprint density at radius 1 is 1.16 bits per heavy atom. The van der Waals surface area contributed by atoms with Gasteiger partial charge in [0.05, 0.1) is 28.2 Å². The third kappa shape index (κ3) is 6.47. The molecule has 1 amide bonds. The second kappa shape index (κ2) is 12.0. The summed E-state index contributed by atoms with van der Waals surface area (Å²) in [5, 5.41) is 3.12. The first-order valence-corrected chi connectivity index (χ1v) is 16.1. The molecule has 8 heteroatoms. The maximum atomic E-state index is 13.3. The van der Waals surface area contributed by atoms with Crippen molar-refractivity contribution in [2.45, 2.75) is 76.9 Å². The molecule has 0 unspecified atom stereocenters. The van der Waals surface area contributed by atoms with Crippen molar-refractivity contribution < 1.29 is 17.9 Å². The summed E-state index contributed by atoms with van der Waals surface area (Å²) in [5.74, 6) is 2.08. The Labute approximate surface area is 226 Å². The number of thiophene rings is 1. The van der Waals surface area contributed by atoms with E-state index in [2.05, 4.69) is 37.1 Å². The molecule has 1 aliphatic carbocycles. The predicted octanol–water partition coefficient (Wildman–Crippen LogP) is 6.00. The first-order chi connectivity index (χ1) is 17.6. The number of ether oxygens (including phenoxy) is 1. The minimum absolute atomic E-state index is 0.0578. The number of amides is 1. The fourth-order valence-electron chi connectivity index (χ4n) is 5.85. The van der Waals surface area contributed by atoms with E-state index in [1.807, 2.05) is 0 Å². The number of hydrogen-bond donors (Lipinski definition) is 1. The molecule has 2 aromatic rings. The van der Waals surface area contributed by atoms with E-state index < -0.39 is 9.84 Å². The molecule has 1 fully saturated rings. The van der Waals surface area contributed by atoms with Crippen molar-refractivity contribution in [3.8, 4) is 0 Å². The molecule has 1 aromatic carbocycles. The highest BCUT2D eigenvalue weighted by molar-refractivity contribution is 7.91. The van der Waals surface area contributed by atoms with E-state index in [4.69, 9.17) is 4.74 Å². The fraction of sp³-hybridized carbons (Fsp3) is 0.621. The van der Waals surface area contributed by atoms with Crippen LogP contribution in [0.3, 0.4) is 0 Å². The highest BCUT2D eigenvalue weighted by Crippen LogP contribution is 2.45. The summed E-state index contributed by atoms with van der Waals surface area (Å²) in [6.45, 7) is 10.9. The van der Waals surface area contributed by atoms with Crippen LogP contribution in [0.15, 0.2) is 35.2 Å². The minimum atomic E-state index is -3.27. The zero-order valence-electron chi connectivity index (χ0n) is 22.8. The number of nitrogens with one attached hydrogen (secondary N) is 1. The summed E-state index contributed by atoms with van der Waals surface area (Å²) in [6, 6.07) is 8.82. The van der Waals surface area contributed by atoms with Gasteiger partial charge in [-0.05, 0) is 59.9 Å². The lowest BCUT2D eigenvalue weighted by molar-refractivity contribution is 0.0900. The van der Waals surface area contributed by atoms with Crippen molar-refractivity contribution in [2.75, 3.05) is 26.0 Å². The molecule has 1 saturated carbocycles. The molecule has 0 spiro atoms. The molecule has 204 valence electrons. The highest BCUT2D eigenvalue weighted by Gasteiger charge is 2.37. The number of sulfone groups is 1. The highest BCUT2D eigenvalue weighted by atomic mass is 32.2. The monoisotopic (exact) mass is 546 g/mol. The molecule has 2 aliphatic rings. The van der Waals surface area contributed by atoms with E-state index in [1.54, 1.807) is 49.6 Å². The van der Waals surface area contributed by atoms with Crippen LogP contribution in [0.2, 0.25) is 0 Å². The Bertz CT molecular complexity index is 1170. The van der Waals surface area contributed by atoms with Crippen LogP contribution in [0.1, 0.15) is 91.1 Å². The number of carbonyl (C=O) groups is 1. The van der Waals surface area contributed by atoms with Gasteiger partial charge in [-0.25, -0.2) is 8.42 Å². The zero-order valence-corrected chi connectivity index (χ0v) is 24.5. The Hall–Kier alpha value is -1.74. The Morgan fingerprint density at radius 3 is 2.43 bits per heavy atom. The number of benzene rings is 1. The number of rotatable bonds is 10. The molecule has 2 heterocycles. The van der Waals surface area contributed by atoms with Crippen LogP contribution in [0, 0.1) is 17.8 Å².